The molecule has 0 aliphatic carbocycles. The van der Waals surface area contributed by atoms with E-state index in [9.17, 15) is 9.59 Å². The van der Waals surface area contributed by atoms with Crippen molar-refractivity contribution in [2.45, 2.75) is 32.9 Å². The van der Waals surface area contributed by atoms with E-state index < -0.39 is 0 Å². The second-order valence-electron chi connectivity index (χ2n) is 8.55. The van der Waals surface area contributed by atoms with Gasteiger partial charge in [-0.3, -0.25) is 9.59 Å². The van der Waals surface area contributed by atoms with Crippen molar-refractivity contribution < 1.29 is 14.3 Å². The van der Waals surface area contributed by atoms with Gasteiger partial charge < -0.3 is 18.9 Å². The first-order chi connectivity index (χ1) is 17.0. The lowest BCUT2D eigenvalue weighted by molar-refractivity contribution is 0.0695. The third kappa shape index (κ3) is 3.87. The molecule has 0 N–H and O–H groups in total. The lowest BCUT2D eigenvalue weighted by Crippen LogP contribution is -2.42. The number of hydrogen-bond donors (Lipinski definition) is 0. The van der Waals surface area contributed by atoms with E-state index >= 15 is 0 Å². The standard InChI is InChI=1S/C27H27N3O4S/c1-5-29-15-20(25(31)18-9-8-16(2)28-26(18)29)27(32)30-11-10-17-13-21(33-3)22(34-4)14-19(17)24(30)23-7-6-12-35-23/h6-9,12-15,24H,5,10-11H2,1-4H3/t24-/m0/s1. The molecule has 0 bridgehead atoms. The summed E-state index contributed by atoms with van der Waals surface area (Å²) in [5.41, 5.74) is 3.39. The lowest BCUT2D eigenvalue weighted by atomic mass is 9.90. The van der Waals surface area contributed by atoms with Gasteiger partial charge >= 0.3 is 0 Å². The highest BCUT2D eigenvalue weighted by atomic mass is 32.1. The number of carbonyl (C=O) groups excluding carboxylic acids is 1. The Bertz CT molecular complexity index is 1480. The zero-order valence-corrected chi connectivity index (χ0v) is 21.0. The van der Waals surface area contributed by atoms with Crippen LogP contribution in [0.2, 0.25) is 0 Å². The lowest BCUT2D eigenvalue weighted by Gasteiger charge is -2.37. The number of rotatable bonds is 5. The molecule has 8 heteroatoms. The highest BCUT2D eigenvalue weighted by Gasteiger charge is 2.35. The molecule has 35 heavy (non-hydrogen) atoms. The molecule has 1 atom stereocenters. The maximum absolute atomic E-state index is 14.0. The summed E-state index contributed by atoms with van der Waals surface area (Å²) in [5.74, 6) is 1.00. The Hall–Kier alpha value is -3.65. The third-order valence-corrected chi connectivity index (χ3v) is 7.50. The largest absolute Gasteiger partial charge is 0.493 e. The summed E-state index contributed by atoms with van der Waals surface area (Å²) in [7, 11) is 3.22. The van der Waals surface area contributed by atoms with Gasteiger partial charge in [-0.05, 0) is 67.1 Å². The summed E-state index contributed by atoms with van der Waals surface area (Å²) in [6, 6.07) is 11.2. The molecule has 0 saturated heterocycles. The monoisotopic (exact) mass is 489 g/mol. The van der Waals surface area contributed by atoms with Crippen LogP contribution in [-0.2, 0) is 13.0 Å². The molecular formula is C27H27N3O4S. The van der Waals surface area contributed by atoms with Gasteiger partial charge in [-0.2, -0.15) is 0 Å². The van der Waals surface area contributed by atoms with Crippen LogP contribution < -0.4 is 14.9 Å². The molecule has 0 unspecified atom stereocenters. The van der Waals surface area contributed by atoms with Gasteiger partial charge in [0.2, 0.25) is 5.43 Å². The summed E-state index contributed by atoms with van der Waals surface area (Å²) in [5, 5.41) is 2.46. The molecule has 0 saturated carbocycles. The van der Waals surface area contributed by atoms with Gasteiger partial charge in [-0.25, -0.2) is 4.98 Å². The smallest absolute Gasteiger partial charge is 0.260 e. The zero-order valence-electron chi connectivity index (χ0n) is 20.2. The van der Waals surface area contributed by atoms with E-state index in [1.54, 1.807) is 37.8 Å². The second-order valence-corrected chi connectivity index (χ2v) is 9.53. The fraction of sp³-hybridized carbons (Fsp3) is 0.296. The minimum Gasteiger partial charge on any atom is -0.493 e. The maximum atomic E-state index is 14.0. The number of methoxy groups -OCH3 is 2. The van der Waals surface area contributed by atoms with Crippen molar-refractivity contribution in [1.82, 2.24) is 14.5 Å². The first-order valence-corrected chi connectivity index (χ1v) is 12.4. The van der Waals surface area contributed by atoms with Gasteiger partial charge in [0.1, 0.15) is 11.2 Å². The predicted molar refractivity (Wildman–Crippen MR) is 137 cm³/mol. The fourth-order valence-electron chi connectivity index (χ4n) is 4.83. The van der Waals surface area contributed by atoms with Crippen LogP contribution in [0.5, 0.6) is 11.5 Å². The van der Waals surface area contributed by atoms with Crippen molar-refractivity contribution >= 4 is 28.3 Å². The van der Waals surface area contributed by atoms with Crippen molar-refractivity contribution in [2.24, 2.45) is 0 Å². The number of carbonyl (C=O) groups is 1. The Balaban J connectivity index is 1.66. The summed E-state index contributed by atoms with van der Waals surface area (Å²) < 4.78 is 13.0. The zero-order chi connectivity index (χ0) is 24.7. The van der Waals surface area contributed by atoms with Crippen LogP contribution in [0.1, 0.15) is 45.0 Å². The molecular weight excluding hydrogens is 462 g/mol. The van der Waals surface area contributed by atoms with Crippen molar-refractivity contribution in [3.05, 3.63) is 85.5 Å². The SMILES string of the molecule is CCn1cc(C(=O)N2CCc3cc(OC)c(OC)cc3[C@H]2c2cccs2)c(=O)c2ccc(C)nc21. The molecule has 3 aromatic heterocycles. The molecule has 0 spiro atoms. The topological polar surface area (TPSA) is 73.7 Å². The van der Waals surface area contributed by atoms with Crippen LogP contribution in [-0.4, -0.2) is 41.1 Å². The quantitative estimate of drug-likeness (QED) is 0.410. The van der Waals surface area contributed by atoms with Gasteiger partial charge in [-0.15, -0.1) is 11.3 Å². The highest BCUT2D eigenvalue weighted by Crippen LogP contribution is 2.42. The number of pyridine rings is 2. The molecule has 5 rings (SSSR count). The summed E-state index contributed by atoms with van der Waals surface area (Å²) in [6.45, 7) is 4.96. The number of aryl methyl sites for hydroxylation is 2. The minimum atomic E-state index is -0.327. The number of benzene rings is 1. The molecule has 1 aromatic carbocycles. The van der Waals surface area contributed by atoms with E-state index in [2.05, 4.69) is 4.98 Å². The number of amides is 1. The van der Waals surface area contributed by atoms with E-state index in [4.69, 9.17) is 9.47 Å². The highest BCUT2D eigenvalue weighted by molar-refractivity contribution is 7.10. The molecule has 1 aliphatic rings. The Labute approximate surface area is 207 Å². The van der Waals surface area contributed by atoms with Crippen LogP contribution in [0.25, 0.3) is 11.0 Å². The number of hydrogen-bond acceptors (Lipinski definition) is 6. The van der Waals surface area contributed by atoms with Gasteiger partial charge in [0, 0.05) is 29.9 Å². The molecule has 4 heterocycles. The number of ether oxygens (including phenoxy) is 2. The average Bonchev–Trinajstić information content (AvgIpc) is 3.41. The van der Waals surface area contributed by atoms with Gasteiger partial charge in [0.25, 0.3) is 5.91 Å². The Kier molecular flexibility index (Phi) is 6.06. The van der Waals surface area contributed by atoms with Crippen LogP contribution in [0.15, 0.2) is 52.8 Å². The predicted octanol–water partition coefficient (Wildman–Crippen LogP) is 4.59. The molecule has 4 aromatic rings. The number of aromatic nitrogens is 2. The van der Waals surface area contributed by atoms with Crippen LogP contribution >= 0.6 is 11.3 Å². The average molecular weight is 490 g/mol. The van der Waals surface area contributed by atoms with Gasteiger partial charge in [0.15, 0.2) is 11.5 Å². The molecule has 0 fully saturated rings. The van der Waals surface area contributed by atoms with Crippen LogP contribution in [0.4, 0.5) is 0 Å². The van der Waals surface area contributed by atoms with Crippen molar-refractivity contribution in [1.29, 1.82) is 0 Å². The first kappa shape index (κ1) is 23.1. The molecule has 1 amide bonds. The Morgan fingerprint density at radius 2 is 1.94 bits per heavy atom. The van der Waals surface area contributed by atoms with Crippen molar-refractivity contribution in [2.75, 3.05) is 20.8 Å². The van der Waals surface area contributed by atoms with Gasteiger partial charge in [0.05, 0.1) is 25.6 Å². The van der Waals surface area contributed by atoms with Gasteiger partial charge in [-0.1, -0.05) is 6.07 Å². The summed E-state index contributed by atoms with van der Waals surface area (Å²) in [4.78, 5) is 34.9. The van der Waals surface area contributed by atoms with E-state index in [1.165, 1.54) is 0 Å². The molecule has 7 nitrogen and oxygen atoms in total. The summed E-state index contributed by atoms with van der Waals surface area (Å²) in [6.07, 6.45) is 2.31. The molecule has 1 aliphatic heterocycles. The number of nitrogens with zero attached hydrogens (tertiary/aromatic N) is 3. The van der Waals surface area contributed by atoms with Crippen LogP contribution in [0.3, 0.4) is 0 Å². The normalized spacial score (nSPS) is 15.2. The van der Waals surface area contributed by atoms with E-state index in [0.29, 0.717) is 42.0 Å². The minimum absolute atomic E-state index is 0.162. The van der Waals surface area contributed by atoms with Crippen LogP contribution in [0, 0.1) is 6.92 Å². The maximum Gasteiger partial charge on any atom is 0.260 e. The second kappa shape index (κ2) is 9.19. The summed E-state index contributed by atoms with van der Waals surface area (Å²) >= 11 is 1.59. The van der Waals surface area contributed by atoms with Crippen molar-refractivity contribution in [3.8, 4) is 11.5 Å². The molecule has 180 valence electrons. The van der Waals surface area contributed by atoms with E-state index in [-0.39, 0.29) is 22.9 Å². The first-order valence-electron chi connectivity index (χ1n) is 11.6. The number of fused-ring (bicyclic) bond motifs is 2. The molecule has 0 radical (unpaired) electrons. The van der Waals surface area contributed by atoms with E-state index in [1.807, 2.05) is 59.0 Å². The fourth-order valence-corrected chi connectivity index (χ4v) is 5.68. The van der Waals surface area contributed by atoms with E-state index in [0.717, 1.165) is 21.7 Å². The Morgan fingerprint density at radius 1 is 1.17 bits per heavy atom. The van der Waals surface area contributed by atoms with Crippen molar-refractivity contribution in [3.63, 3.8) is 0 Å². The third-order valence-electron chi connectivity index (χ3n) is 6.58. The number of thiophene rings is 1. The Morgan fingerprint density at radius 3 is 2.63 bits per heavy atom.